The average Bonchev–Trinajstić information content (AvgIpc) is 2.94. The van der Waals surface area contributed by atoms with Gasteiger partial charge in [-0.3, -0.25) is 0 Å². The van der Waals surface area contributed by atoms with Crippen LogP contribution in [0.3, 0.4) is 0 Å². The molecule has 3 fully saturated rings. The summed E-state index contributed by atoms with van der Waals surface area (Å²) in [6, 6.07) is 8.69. The van der Waals surface area contributed by atoms with E-state index in [0.717, 1.165) is 62.5 Å². The van der Waals surface area contributed by atoms with Crippen LogP contribution in [-0.2, 0) is 12.0 Å². The van der Waals surface area contributed by atoms with E-state index in [1.165, 1.54) is 56.1 Å². The van der Waals surface area contributed by atoms with Crippen molar-refractivity contribution >= 4 is 0 Å². The van der Waals surface area contributed by atoms with E-state index in [4.69, 9.17) is 4.74 Å². The van der Waals surface area contributed by atoms with Crippen molar-refractivity contribution in [1.82, 2.24) is 0 Å². The molecule has 0 aromatic heterocycles. The summed E-state index contributed by atoms with van der Waals surface area (Å²) in [6.45, 7) is -0.151. The molecule has 0 spiro atoms. The summed E-state index contributed by atoms with van der Waals surface area (Å²) in [5, 5.41) is 32.5. The van der Waals surface area contributed by atoms with E-state index in [2.05, 4.69) is 24.3 Å². The van der Waals surface area contributed by atoms with Gasteiger partial charge in [0.2, 0.25) is 0 Å². The first-order chi connectivity index (χ1) is 17.6. The SMILES string of the molecule is COc1cc(C2(c3cc(CO)c(O)c(C4CCCCC4)c3)CCCCC2)cc(C2CCCCC2)c1O. The van der Waals surface area contributed by atoms with E-state index in [1.807, 2.05) is 0 Å². The Bertz CT molecular complexity index is 963. The molecule has 0 atom stereocenters. The largest absolute Gasteiger partial charge is 0.507 e. The zero-order valence-electron chi connectivity index (χ0n) is 22.0. The maximum absolute atomic E-state index is 11.2. The number of hydrogen-bond donors (Lipinski definition) is 3. The van der Waals surface area contributed by atoms with Gasteiger partial charge in [0.05, 0.1) is 13.7 Å². The minimum absolute atomic E-state index is 0.151. The van der Waals surface area contributed by atoms with Crippen molar-refractivity contribution in [2.24, 2.45) is 0 Å². The molecule has 2 aromatic carbocycles. The number of aromatic hydroxyl groups is 2. The Morgan fingerprint density at radius 1 is 0.694 bits per heavy atom. The van der Waals surface area contributed by atoms with Crippen molar-refractivity contribution in [3.05, 3.63) is 52.1 Å². The zero-order valence-corrected chi connectivity index (χ0v) is 22.0. The van der Waals surface area contributed by atoms with E-state index < -0.39 is 0 Å². The predicted octanol–water partition coefficient (Wildman–Crippen LogP) is 7.94. The van der Waals surface area contributed by atoms with Crippen LogP contribution in [0, 0.1) is 0 Å². The maximum atomic E-state index is 11.2. The standard InChI is InChI=1S/C32H44O4/c1-36-29-20-26(19-28(31(29)35)23-13-7-3-8-14-23)32(15-9-4-10-16-32)25-17-24(21-33)30(34)27(18-25)22-11-5-2-6-12-22/h17-20,22-23,33-35H,2-16,21H2,1H3. The number of hydrogen-bond acceptors (Lipinski definition) is 4. The van der Waals surface area contributed by atoms with Crippen LogP contribution < -0.4 is 4.74 Å². The summed E-state index contributed by atoms with van der Waals surface area (Å²) in [5.74, 6) is 1.91. The number of phenols is 2. The number of phenolic OH excluding ortho intramolecular Hbond substituents is 1. The van der Waals surface area contributed by atoms with E-state index in [1.54, 1.807) is 7.11 Å². The molecule has 5 rings (SSSR count). The molecular formula is C32H44O4. The molecule has 196 valence electrons. The molecule has 3 aliphatic carbocycles. The Labute approximate surface area is 216 Å². The molecule has 3 N–H and O–H groups in total. The number of rotatable bonds is 6. The first-order valence-electron chi connectivity index (χ1n) is 14.5. The summed E-state index contributed by atoms with van der Waals surface area (Å²) < 4.78 is 5.74. The molecule has 3 aliphatic rings. The van der Waals surface area contributed by atoms with Crippen molar-refractivity contribution in [1.29, 1.82) is 0 Å². The smallest absolute Gasteiger partial charge is 0.161 e. The molecule has 2 aromatic rings. The third-order valence-electron chi connectivity index (χ3n) is 9.62. The third-order valence-corrected chi connectivity index (χ3v) is 9.62. The van der Waals surface area contributed by atoms with Gasteiger partial charge in [-0.2, -0.15) is 0 Å². The normalized spacial score (nSPS) is 21.4. The molecule has 0 heterocycles. The second kappa shape index (κ2) is 11.0. The van der Waals surface area contributed by atoms with E-state index in [9.17, 15) is 15.3 Å². The van der Waals surface area contributed by atoms with Crippen LogP contribution >= 0.6 is 0 Å². The van der Waals surface area contributed by atoms with Gasteiger partial charge in [0.1, 0.15) is 5.75 Å². The molecule has 0 aliphatic heterocycles. The topological polar surface area (TPSA) is 69.9 Å². The Kier molecular flexibility index (Phi) is 7.81. The lowest BCUT2D eigenvalue weighted by Gasteiger charge is -2.40. The first-order valence-corrected chi connectivity index (χ1v) is 14.5. The molecule has 4 nitrogen and oxygen atoms in total. The van der Waals surface area contributed by atoms with Crippen molar-refractivity contribution in [3.63, 3.8) is 0 Å². The third kappa shape index (κ3) is 4.74. The van der Waals surface area contributed by atoms with Gasteiger partial charge in [0, 0.05) is 16.5 Å². The number of aliphatic hydroxyl groups excluding tert-OH is 1. The van der Waals surface area contributed by atoms with Crippen LogP contribution in [0.4, 0.5) is 0 Å². The van der Waals surface area contributed by atoms with E-state index in [-0.39, 0.29) is 12.0 Å². The predicted molar refractivity (Wildman–Crippen MR) is 144 cm³/mol. The van der Waals surface area contributed by atoms with Crippen molar-refractivity contribution < 1.29 is 20.1 Å². The molecular weight excluding hydrogens is 448 g/mol. The maximum Gasteiger partial charge on any atom is 0.161 e. The van der Waals surface area contributed by atoms with Crippen LogP contribution in [0.15, 0.2) is 24.3 Å². The van der Waals surface area contributed by atoms with Crippen LogP contribution in [0.1, 0.15) is 136 Å². The van der Waals surface area contributed by atoms with Crippen LogP contribution in [0.25, 0.3) is 0 Å². The van der Waals surface area contributed by atoms with Gasteiger partial charge in [-0.05, 0) is 79.2 Å². The number of methoxy groups -OCH3 is 1. The van der Waals surface area contributed by atoms with Gasteiger partial charge in [-0.1, -0.05) is 69.9 Å². The lowest BCUT2D eigenvalue weighted by atomic mass is 9.63. The van der Waals surface area contributed by atoms with Gasteiger partial charge in [0.25, 0.3) is 0 Å². The molecule has 36 heavy (non-hydrogen) atoms. The molecule has 0 unspecified atom stereocenters. The summed E-state index contributed by atoms with van der Waals surface area (Å²) in [6.07, 6.45) is 17.4. The number of aliphatic hydroxyl groups is 1. The van der Waals surface area contributed by atoms with Crippen LogP contribution in [0.5, 0.6) is 17.2 Å². The van der Waals surface area contributed by atoms with Gasteiger partial charge in [0.15, 0.2) is 11.5 Å². The van der Waals surface area contributed by atoms with Gasteiger partial charge < -0.3 is 20.1 Å². The highest BCUT2D eigenvalue weighted by Crippen LogP contribution is 2.51. The summed E-state index contributed by atoms with van der Waals surface area (Å²) in [4.78, 5) is 0. The van der Waals surface area contributed by atoms with Gasteiger partial charge in [-0.15, -0.1) is 0 Å². The fraction of sp³-hybridized carbons (Fsp3) is 0.625. The minimum atomic E-state index is -0.205. The lowest BCUT2D eigenvalue weighted by molar-refractivity contribution is 0.273. The zero-order chi connectivity index (χ0) is 25.1. The van der Waals surface area contributed by atoms with Crippen molar-refractivity contribution in [3.8, 4) is 17.2 Å². The number of ether oxygens (including phenoxy) is 1. The molecule has 0 amide bonds. The Morgan fingerprint density at radius 2 is 1.19 bits per heavy atom. The molecule has 0 radical (unpaired) electrons. The highest BCUT2D eigenvalue weighted by atomic mass is 16.5. The monoisotopic (exact) mass is 492 g/mol. The lowest BCUT2D eigenvalue weighted by Crippen LogP contribution is -2.31. The Morgan fingerprint density at radius 3 is 1.72 bits per heavy atom. The van der Waals surface area contributed by atoms with Crippen molar-refractivity contribution in [2.45, 2.75) is 120 Å². The average molecular weight is 493 g/mol. The van der Waals surface area contributed by atoms with E-state index in [0.29, 0.717) is 34.6 Å². The second-order valence-electron chi connectivity index (χ2n) is 11.7. The molecule has 0 saturated heterocycles. The quantitative estimate of drug-likeness (QED) is 0.383. The van der Waals surface area contributed by atoms with Crippen molar-refractivity contribution in [2.75, 3.05) is 7.11 Å². The molecule has 3 saturated carbocycles. The summed E-state index contributed by atoms with van der Waals surface area (Å²) >= 11 is 0. The number of benzene rings is 2. The van der Waals surface area contributed by atoms with Gasteiger partial charge >= 0.3 is 0 Å². The summed E-state index contributed by atoms with van der Waals surface area (Å²) in [7, 11) is 1.66. The molecule has 4 heteroatoms. The second-order valence-corrected chi connectivity index (χ2v) is 11.7. The fourth-order valence-electron chi connectivity index (χ4n) is 7.53. The molecule has 0 bridgehead atoms. The van der Waals surface area contributed by atoms with E-state index >= 15 is 0 Å². The fourth-order valence-corrected chi connectivity index (χ4v) is 7.53. The summed E-state index contributed by atoms with van der Waals surface area (Å²) in [5.41, 5.74) is 4.95. The van der Waals surface area contributed by atoms with Crippen LogP contribution in [-0.4, -0.2) is 22.4 Å². The highest BCUT2D eigenvalue weighted by Gasteiger charge is 2.39. The van der Waals surface area contributed by atoms with Crippen LogP contribution in [0.2, 0.25) is 0 Å². The Balaban J connectivity index is 1.67. The Hall–Kier alpha value is -2.20. The first kappa shape index (κ1) is 25.4. The highest BCUT2D eigenvalue weighted by molar-refractivity contribution is 5.56. The minimum Gasteiger partial charge on any atom is -0.507 e. The van der Waals surface area contributed by atoms with Gasteiger partial charge in [-0.25, -0.2) is 0 Å².